The number of rotatable bonds is 6. The Morgan fingerprint density at radius 3 is 1.70 bits per heavy atom. The van der Waals surface area contributed by atoms with Crippen molar-refractivity contribution >= 4 is 51.2 Å². The third-order valence-electron chi connectivity index (χ3n) is 10.0. The van der Waals surface area contributed by atoms with Crippen LogP contribution in [0.25, 0.3) is 33.2 Å². The van der Waals surface area contributed by atoms with Crippen molar-refractivity contribution < 1.29 is 4.42 Å². The van der Waals surface area contributed by atoms with Crippen molar-refractivity contribution in [2.45, 2.75) is 16.2 Å². The number of benzene rings is 7. The quantitative estimate of drug-likeness (QED) is 0.177. The number of nitrogens with zero attached hydrogens (tertiary/aromatic N) is 2. The van der Waals surface area contributed by atoms with Crippen LogP contribution in [-0.4, -0.2) is 0 Å². The molecule has 0 saturated carbocycles. The molecule has 0 fully saturated rings. The first-order valence-electron chi connectivity index (χ1n) is 17.1. The number of anilines is 5. The monoisotopic (exact) mass is 660 g/mol. The maximum atomic E-state index is 6.58. The minimum Gasteiger partial charge on any atom is -0.458 e. The second-order valence-electron chi connectivity index (χ2n) is 12.9. The molecule has 0 saturated heterocycles. The lowest BCUT2D eigenvalue weighted by Crippen LogP contribution is -2.19. The highest BCUT2D eigenvalue weighted by atomic mass is 32.2. The van der Waals surface area contributed by atoms with E-state index >= 15 is 0 Å². The number of fused-ring (bicyclic) bond motifs is 7. The molecule has 1 aromatic heterocycles. The molecule has 8 aromatic rings. The Morgan fingerprint density at radius 1 is 0.480 bits per heavy atom. The molecule has 3 nitrogen and oxygen atoms in total. The average molecular weight is 661 g/mol. The van der Waals surface area contributed by atoms with Crippen LogP contribution in [0.1, 0.15) is 22.6 Å². The van der Waals surface area contributed by atoms with Crippen LogP contribution in [0.3, 0.4) is 0 Å². The smallest absolute Gasteiger partial charge is 0.144 e. The molecule has 0 amide bonds. The standard InChI is InChI=1S/C46H32N2OS/c1-3-11-31(12-4-1)32-19-21-33(22-20-32)34-23-25-36(26-24-34)47(35-13-5-2-6-14-35)37-27-29-38(30-28-37)48-43-39-15-7-9-17-41(39)49-45(43)46-44(48)40-16-8-10-18-42(40)50-46/h1-30,44,46H. The average Bonchev–Trinajstić information content (AvgIpc) is 3.85. The third kappa shape index (κ3) is 4.75. The van der Waals surface area contributed by atoms with Crippen LogP contribution in [0.15, 0.2) is 191 Å². The molecule has 7 aromatic carbocycles. The third-order valence-corrected chi connectivity index (χ3v) is 11.4. The summed E-state index contributed by atoms with van der Waals surface area (Å²) in [7, 11) is 0. The Labute approximate surface area is 296 Å². The van der Waals surface area contributed by atoms with Gasteiger partial charge in [-0.05, 0) is 94.5 Å². The number of hydrogen-bond acceptors (Lipinski definition) is 4. The molecule has 238 valence electrons. The predicted octanol–water partition coefficient (Wildman–Crippen LogP) is 13.3. The Balaban J connectivity index is 1.01. The van der Waals surface area contributed by atoms with Crippen LogP contribution in [0.2, 0.25) is 0 Å². The summed E-state index contributed by atoms with van der Waals surface area (Å²) in [6.07, 6.45) is 0. The summed E-state index contributed by atoms with van der Waals surface area (Å²) in [4.78, 5) is 6.18. The molecule has 2 aliphatic heterocycles. The van der Waals surface area contributed by atoms with Gasteiger partial charge in [-0.25, -0.2) is 0 Å². The molecule has 4 heteroatoms. The van der Waals surface area contributed by atoms with E-state index < -0.39 is 0 Å². The summed E-state index contributed by atoms with van der Waals surface area (Å²) < 4.78 is 6.58. The van der Waals surface area contributed by atoms with E-state index in [0.717, 1.165) is 34.1 Å². The highest BCUT2D eigenvalue weighted by Gasteiger charge is 2.49. The molecule has 0 radical (unpaired) electrons. The number of para-hydroxylation sites is 2. The Hall–Kier alpha value is -5.97. The maximum absolute atomic E-state index is 6.58. The van der Waals surface area contributed by atoms with Crippen molar-refractivity contribution in [2.75, 3.05) is 9.80 Å². The molecule has 2 unspecified atom stereocenters. The fourth-order valence-corrected chi connectivity index (χ4v) is 9.08. The zero-order chi connectivity index (χ0) is 33.0. The molecule has 0 bridgehead atoms. The van der Waals surface area contributed by atoms with E-state index in [1.54, 1.807) is 0 Å². The summed E-state index contributed by atoms with van der Waals surface area (Å²) in [5.41, 5.74) is 12.8. The van der Waals surface area contributed by atoms with Crippen LogP contribution in [-0.2, 0) is 0 Å². The first-order valence-corrected chi connectivity index (χ1v) is 18.0. The largest absolute Gasteiger partial charge is 0.458 e. The van der Waals surface area contributed by atoms with Crippen LogP contribution >= 0.6 is 11.8 Å². The lowest BCUT2D eigenvalue weighted by Gasteiger charge is -2.29. The molecule has 50 heavy (non-hydrogen) atoms. The number of hydrogen-bond donors (Lipinski definition) is 0. The molecule has 0 N–H and O–H groups in total. The zero-order valence-electron chi connectivity index (χ0n) is 27.2. The number of thioether (sulfide) groups is 1. The van der Waals surface area contributed by atoms with Gasteiger partial charge in [-0.2, -0.15) is 0 Å². The van der Waals surface area contributed by atoms with Gasteiger partial charge in [-0.15, -0.1) is 11.8 Å². The minimum atomic E-state index is 0.180. The van der Waals surface area contributed by atoms with Crippen molar-refractivity contribution in [3.63, 3.8) is 0 Å². The van der Waals surface area contributed by atoms with Crippen molar-refractivity contribution in [3.8, 4) is 22.3 Å². The van der Waals surface area contributed by atoms with Crippen molar-refractivity contribution in [1.82, 2.24) is 0 Å². The van der Waals surface area contributed by atoms with E-state index in [1.807, 2.05) is 11.8 Å². The van der Waals surface area contributed by atoms with Crippen LogP contribution in [0.5, 0.6) is 0 Å². The lowest BCUT2D eigenvalue weighted by atomic mass is 10.00. The van der Waals surface area contributed by atoms with Crippen molar-refractivity contribution in [3.05, 3.63) is 193 Å². The maximum Gasteiger partial charge on any atom is 0.144 e. The van der Waals surface area contributed by atoms with Crippen molar-refractivity contribution in [1.29, 1.82) is 0 Å². The van der Waals surface area contributed by atoms with Crippen LogP contribution < -0.4 is 9.80 Å². The van der Waals surface area contributed by atoms with Crippen molar-refractivity contribution in [2.24, 2.45) is 0 Å². The molecule has 0 aliphatic carbocycles. The van der Waals surface area contributed by atoms with Crippen LogP contribution in [0.4, 0.5) is 28.4 Å². The summed E-state index contributed by atoms with van der Waals surface area (Å²) in [6, 6.07) is 65.4. The minimum absolute atomic E-state index is 0.180. The molecular weight excluding hydrogens is 629 g/mol. The number of furan rings is 1. The zero-order valence-corrected chi connectivity index (χ0v) is 28.0. The van der Waals surface area contributed by atoms with Gasteiger partial charge in [-0.1, -0.05) is 115 Å². The molecule has 10 rings (SSSR count). The Morgan fingerprint density at radius 2 is 1.00 bits per heavy atom. The van der Waals surface area contributed by atoms with E-state index in [2.05, 4.69) is 192 Å². The summed E-state index contributed by atoms with van der Waals surface area (Å²) >= 11 is 1.92. The van der Waals surface area contributed by atoms with E-state index in [0.29, 0.717) is 0 Å². The van der Waals surface area contributed by atoms with Crippen LogP contribution in [0, 0.1) is 0 Å². The molecular formula is C46H32N2OS. The van der Waals surface area contributed by atoms with Gasteiger partial charge in [0.1, 0.15) is 11.3 Å². The lowest BCUT2D eigenvalue weighted by molar-refractivity contribution is 0.542. The topological polar surface area (TPSA) is 19.6 Å². The van der Waals surface area contributed by atoms with E-state index in [-0.39, 0.29) is 11.3 Å². The van der Waals surface area contributed by atoms with Gasteiger partial charge in [0.2, 0.25) is 0 Å². The second kappa shape index (κ2) is 11.9. The Bertz CT molecular complexity index is 2450. The normalized spacial score (nSPS) is 15.9. The SMILES string of the molecule is c1ccc(-c2ccc(-c3ccc(N(c4ccccc4)c4ccc(N5c6c(oc7ccccc67)C6Sc7ccccc7C65)cc4)cc3)cc2)cc1. The predicted molar refractivity (Wildman–Crippen MR) is 208 cm³/mol. The van der Waals surface area contributed by atoms with Gasteiger partial charge in [0.15, 0.2) is 0 Å². The summed E-state index contributed by atoms with van der Waals surface area (Å²) in [5, 5.41) is 1.38. The first kappa shape index (κ1) is 29.0. The molecule has 3 heterocycles. The van der Waals surface area contributed by atoms with E-state index in [4.69, 9.17) is 4.42 Å². The highest BCUT2D eigenvalue weighted by molar-refractivity contribution is 8.00. The van der Waals surface area contributed by atoms with Gasteiger partial charge < -0.3 is 14.2 Å². The Kier molecular flexibility index (Phi) is 6.88. The first-order chi connectivity index (χ1) is 24.8. The van der Waals surface area contributed by atoms with Gasteiger partial charge in [0.25, 0.3) is 0 Å². The van der Waals surface area contributed by atoms with Gasteiger partial charge in [0, 0.05) is 33.0 Å². The van der Waals surface area contributed by atoms with Gasteiger partial charge in [-0.3, -0.25) is 0 Å². The van der Waals surface area contributed by atoms with E-state index in [9.17, 15) is 0 Å². The molecule has 2 atom stereocenters. The molecule has 2 aliphatic rings. The van der Waals surface area contributed by atoms with E-state index in [1.165, 1.54) is 43.8 Å². The molecule has 0 spiro atoms. The summed E-state index contributed by atoms with van der Waals surface area (Å²) in [6.45, 7) is 0. The fourth-order valence-electron chi connectivity index (χ4n) is 7.66. The summed E-state index contributed by atoms with van der Waals surface area (Å²) in [5.74, 6) is 1.07. The van der Waals surface area contributed by atoms with Gasteiger partial charge >= 0.3 is 0 Å². The fraction of sp³-hybridized carbons (Fsp3) is 0.0435. The van der Waals surface area contributed by atoms with Gasteiger partial charge in [0.05, 0.1) is 17.0 Å². The second-order valence-corrected chi connectivity index (χ2v) is 14.1. The highest BCUT2D eigenvalue weighted by Crippen LogP contribution is 2.66.